The zero-order chi connectivity index (χ0) is 29.5. The molecular formula is C30H32BrClN2O5S. The Morgan fingerprint density at radius 3 is 2.25 bits per heavy atom. The van der Waals surface area contributed by atoms with Crippen LogP contribution >= 0.6 is 27.5 Å². The summed E-state index contributed by atoms with van der Waals surface area (Å²) in [5.74, 6) is -1.77. The van der Waals surface area contributed by atoms with Crippen LogP contribution in [-0.4, -0.2) is 37.1 Å². The first-order valence-corrected chi connectivity index (χ1v) is 15.3. The second-order valence-electron chi connectivity index (χ2n) is 10.5. The summed E-state index contributed by atoms with van der Waals surface area (Å²) < 4.78 is 31.3. The number of carbonyl (C=O) groups is 2. The predicted molar refractivity (Wildman–Crippen MR) is 164 cm³/mol. The van der Waals surface area contributed by atoms with E-state index < -0.39 is 27.7 Å². The number of benzene rings is 3. The summed E-state index contributed by atoms with van der Waals surface area (Å²) in [6.07, 6.45) is 4.56. The average molecular weight is 648 g/mol. The zero-order valence-corrected chi connectivity index (χ0v) is 25.6. The summed E-state index contributed by atoms with van der Waals surface area (Å²) >= 11 is 9.57. The lowest BCUT2D eigenvalue weighted by atomic mass is 9.89. The van der Waals surface area contributed by atoms with Gasteiger partial charge in [-0.2, -0.15) is 8.42 Å². The third-order valence-corrected chi connectivity index (χ3v) is 7.26. The molecule has 0 aromatic heterocycles. The minimum Gasteiger partial charge on any atom is -0.351 e. The molecule has 0 radical (unpaired) electrons. The van der Waals surface area contributed by atoms with Gasteiger partial charge < -0.3 is 10.6 Å². The van der Waals surface area contributed by atoms with Crippen LogP contribution in [0.25, 0.3) is 6.08 Å². The van der Waals surface area contributed by atoms with E-state index in [0.29, 0.717) is 22.7 Å². The highest BCUT2D eigenvalue weighted by molar-refractivity contribution is 9.10. The van der Waals surface area contributed by atoms with Gasteiger partial charge in [-0.3, -0.25) is 14.1 Å². The minimum atomic E-state index is -4.16. The molecule has 0 spiro atoms. The monoisotopic (exact) mass is 646 g/mol. The van der Waals surface area contributed by atoms with E-state index in [0.717, 1.165) is 21.2 Å². The summed E-state index contributed by atoms with van der Waals surface area (Å²) in [6.45, 7) is 6.17. The van der Waals surface area contributed by atoms with Gasteiger partial charge in [0.25, 0.3) is 16.0 Å². The van der Waals surface area contributed by atoms with Crippen LogP contribution in [0.1, 0.15) is 53.7 Å². The number of hydrogen-bond donors (Lipinski definition) is 3. The van der Waals surface area contributed by atoms with Crippen molar-refractivity contribution in [2.45, 2.75) is 33.1 Å². The largest absolute Gasteiger partial charge is 0.351 e. The summed E-state index contributed by atoms with van der Waals surface area (Å²) in [5.41, 5.74) is 3.64. The molecule has 0 aliphatic rings. The Bertz CT molecular complexity index is 1460. The molecule has 1 atom stereocenters. The van der Waals surface area contributed by atoms with Gasteiger partial charge in [0.1, 0.15) is 0 Å². The van der Waals surface area contributed by atoms with Crippen molar-refractivity contribution in [3.8, 4) is 0 Å². The molecule has 0 aliphatic carbocycles. The van der Waals surface area contributed by atoms with Crippen LogP contribution in [0.15, 0.2) is 77.3 Å². The van der Waals surface area contributed by atoms with E-state index in [9.17, 15) is 18.0 Å². The van der Waals surface area contributed by atoms with Crippen molar-refractivity contribution in [2.75, 3.05) is 17.6 Å². The van der Waals surface area contributed by atoms with Gasteiger partial charge in [0, 0.05) is 27.3 Å². The first-order valence-electron chi connectivity index (χ1n) is 12.6. The van der Waals surface area contributed by atoms with Crippen molar-refractivity contribution in [2.24, 2.45) is 5.41 Å². The quantitative estimate of drug-likeness (QED) is 0.211. The van der Waals surface area contributed by atoms with E-state index in [2.05, 4.69) is 59.5 Å². The Hall–Kier alpha value is -2.98. The lowest BCUT2D eigenvalue weighted by Crippen LogP contribution is -2.28. The van der Waals surface area contributed by atoms with Gasteiger partial charge in [-0.05, 0) is 58.9 Å². The number of anilines is 1. The molecule has 0 saturated carbocycles. The third kappa shape index (κ3) is 10.5. The average Bonchev–Trinajstić information content (AvgIpc) is 2.85. The van der Waals surface area contributed by atoms with Crippen molar-refractivity contribution < 1.29 is 22.6 Å². The smallest absolute Gasteiger partial charge is 0.266 e. The maximum atomic E-state index is 13.5. The molecule has 1 unspecified atom stereocenters. The summed E-state index contributed by atoms with van der Waals surface area (Å²) in [6, 6.07) is 19.8. The standard InChI is InChI=1S/C30H32BrClN2O5S/c1-30(2,3)13-12-20-4-8-22(9-5-20)27(29(36)34-26-18-24(31)17-25(32)19-26)16-21-6-10-23(11-7-21)28(35)33-14-15-40(37,38)39/h4-13,17-19,27H,14-16H2,1-3H3,(H,33,35)(H,34,36)(H,37,38,39). The van der Waals surface area contributed by atoms with E-state index in [1.165, 1.54) is 0 Å². The van der Waals surface area contributed by atoms with Crippen molar-refractivity contribution in [1.29, 1.82) is 0 Å². The molecule has 3 aromatic carbocycles. The molecule has 2 amide bonds. The zero-order valence-electron chi connectivity index (χ0n) is 22.4. The van der Waals surface area contributed by atoms with Gasteiger partial charge in [0.2, 0.25) is 5.91 Å². The Balaban J connectivity index is 1.82. The molecule has 10 heteroatoms. The molecule has 0 saturated heterocycles. The normalized spacial score (nSPS) is 12.8. The SMILES string of the molecule is CC(C)(C)C=Cc1ccc(C(Cc2ccc(C(=O)NCCS(=O)(=O)O)cc2)C(=O)Nc2cc(Cl)cc(Br)c2)cc1. The second-order valence-corrected chi connectivity index (χ2v) is 13.4. The van der Waals surface area contributed by atoms with Crippen LogP contribution in [0, 0.1) is 5.41 Å². The first kappa shape index (κ1) is 31.5. The Kier molecular flexibility index (Phi) is 10.7. The van der Waals surface area contributed by atoms with Gasteiger partial charge in [0.05, 0.1) is 11.7 Å². The van der Waals surface area contributed by atoms with Crippen LogP contribution in [0.2, 0.25) is 5.02 Å². The molecule has 0 bridgehead atoms. The Morgan fingerprint density at radius 2 is 1.68 bits per heavy atom. The van der Waals surface area contributed by atoms with E-state index in [1.54, 1.807) is 42.5 Å². The molecule has 3 rings (SSSR count). The second kappa shape index (κ2) is 13.6. The van der Waals surface area contributed by atoms with Crippen LogP contribution in [0.3, 0.4) is 0 Å². The number of amides is 2. The number of allylic oxidation sites excluding steroid dienone is 1. The van der Waals surface area contributed by atoms with Gasteiger partial charge in [-0.15, -0.1) is 0 Å². The van der Waals surface area contributed by atoms with Crippen molar-refractivity contribution in [3.05, 3.63) is 105 Å². The maximum absolute atomic E-state index is 13.5. The minimum absolute atomic E-state index is 0.0475. The van der Waals surface area contributed by atoms with E-state index in [1.807, 2.05) is 24.3 Å². The fraction of sp³-hybridized carbons (Fsp3) is 0.267. The van der Waals surface area contributed by atoms with E-state index >= 15 is 0 Å². The van der Waals surface area contributed by atoms with Crippen LogP contribution < -0.4 is 10.6 Å². The number of carbonyl (C=O) groups excluding carboxylic acids is 2. The Morgan fingerprint density at radius 1 is 1.02 bits per heavy atom. The van der Waals surface area contributed by atoms with Crippen molar-refractivity contribution in [3.63, 3.8) is 0 Å². The third-order valence-electron chi connectivity index (χ3n) is 5.86. The molecule has 0 heterocycles. The van der Waals surface area contributed by atoms with E-state index in [4.69, 9.17) is 16.2 Å². The summed E-state index contributed by atoms with van der Waals surface area (Å²) in [5, 5.41) is 5.91. The van der Waals surface area contributed by atoms with Crippen molar-refractivity contribution >= 4 is 61.2 Å². The molecule has 0 aliphatic heterocycles. The van der Waals surface area contributed by atoms with Gasteiger partial charge in [0.15, 0.2) is 0 Å². The summed E-state index contributed by atoms with van der Waals surface area (Å²) in [7, 11) is -4.16. The van der Waals surface area contributed by atoms with Crippen LogP contribution in [0.4, 0.5) is 5.69 Å². The highest BCUT2D eigenvalue weighted by atomic mass is 79.9. The molecule has 40 heavy (non-hydrogen) atoms. The highest BCUT2D eigenvalue weighted by Gasteiger charge is 2.22. The topological polar surface area (TPSA) is 113 Å². The molecule has 3 aromatic rings. The lowest BCUT2D eigenvalue weighted by molar-refractivity contribution is -0.117. The highest BCUT2D eigenvalue weighted by Crippen LogP contribution is 2.27. The Labute approximate surface area is 248 Å². The number of hydrogen-bond acceptors (Lipinski definition) is 4. The van der Waals surface area contributed by atoms with Crippen molar-refractivity contribution in [1.82, 2.24) is 5.32 Å². The fourth-order valence-electron chi connectivity index (χ4n) is 3.83. The van der Waals surface area contributed by atoms with Gasteiger partial charge in [-0.25, -0.2) is 0 Å². The molecule has 212 valence electrons. The molecule has 7 nitrogen and oxygen atoms in total. The number of halogens is 2. The first-order chi connectivity index (χ1) is 18.7. The summed E-state index contributed by atoms with van der Waals surface area (Å²) in [4.78, 5) is 25.9. The molecule has 3 N–H and O–H groups in total. The fourth-order valence-corrected chi connectivity index (χ4v) is 5.05. The van der Waals surface area contributed by atoms with Gasteiger partial charge >= 0.3 is 0 Å². The molecule has 0 fully saturated rings. The number of rotatable bonds is 10. The molecular weight excluding hydrogens is 616 g/mol. The lowest BCUT2D eigenvalue weighted by Gasteiger charge is -2.19. The van der Waals surface area contributed by atoms with Crippen LogP contribution in [-0.2, 0) is 21.3 Å². The van der Waals surface area contributed by atoms with E-state index in [-0.39, 0.29) is 17.9 Å². The predicted octanol–water partition coefficient (Wildman–Crippen LogP) is 6.74. The number of nitrogens with one attached hydrogen (secondary N) is 2. The van der Waals surface area contributed by atoms with Crippen LogP contribution in [0.5, 0.6) is 0 Å². The van der Waals surface area contributed by atoms with Gasteiger partial charge in [-0.1, -0.05) is 96.9 Å². The maximum Gasteiger partial charge on any atom is 0.266 e.